The lowest BCUT2D eigenvalue weighted by Gasteiger charge is -2.05. The minimum atomic E-state index is -0.962. The van der Waals surface area contributed by atoms with Crippen molar-refractivity contribution in [1.29, 1.82) is 0 Å². The maximum Gasteiger partial charge on any atom is 0.354 e. The van der Waals surface area contributed by atoms with Gasteiger partial charge in [-0.05, 0) is 13.3 Å². The maximum absolute atomic E-state index is 11.0. The summed E-state index contributed by atoms with van der Waals surface area (Å²) in [4.78, 5) is 19.4. The Balaban J connectivity index is 2.29. The van der Waals surface area contributed by atoms with Gasteiger partial charge in [-0.2, -0.15) is 0 Å². The summed E-state index contributed by atoms with van der Waals surface area (Å²) in [6.07, 6.45) is 2.28. The van der Waals surface area contributed by atoms with Crippen molar-refractivity contribution in [3.63, 3.8) is 0 Å². The van der Waals surface area contributed by atoms with E-state index >= 15 is 0 Å². The summed E-state index contributed by atoms with van der Waals surface area (Å²) >= 11 is 1.60. The zero-order chi connectivity index (χ0) is 12.4. The van der Waals surface area contributed by atoms with Crippen LogP contribution in [0.4, 0.5) is 0 Å². The van der Waals surface area contributed by atoms with Gasteiger partial charge in [0.2, 0.25) is 0 Å². The third-order valence-electron chi connectivity index (χ3n) is 2.50. The molecule has 2 heterocycles. The number of carboxylic acids is 1. The standard InChI is InChI=1S/C11H13N3O2S/c1-3-10-13-8(6-17-10)5-14-7(2)12-4-9(14)11(15)16/h4,6H,3,5H2,1-2H3,(H,15,16). The van der Waals surface area contributed by atoms with Crippen LogP contribution in [0.25, 0.3) is 0 Å². The molecule has 0 aliphatic carbocycles. The number of thiazole rings is 1. The number of aromatic carboxylic acids is 1. The van der Waals surface area contributed by atoms with Crippen LogP contribution >= 0.6 is 11.3 Å². The molecule has 0 spiro atoms. The van der Waals surface area contributed by atoms with Crippen LogP contribution in [0, 0.1) is 6.92 Å². The fourth-order valence-electron chi connectivity index (χ4n) is 1.58. The molecule has 6 heteroatoms. The first-order valence-electron chi connectivity index (χ1n) is 5.30. The molecular formula is C11H13N3O2S. The highest BCUT2D eigenvalue weighted by Crippen LogP contribution is 2.14. The topological polar surface area (TPSA) is 68.0 Å². The lowest BCUT2D eigenvalue weighted by molar-refractivity contribution is 0.0685. The molecule has 0 bridgehead atoms. The van der Waals surface area contributed by atoms with Gasteiger partial charge in [0.25, 0.3) is 0 Å². The molecule has 0 aliphatic heterocycles. The van der Waals surface area contributed by atoms with E-state index in [0.29, 0.717) is 12.4 Å². The van der Waals surface area contributed by atoms with Crippen LogP contribution in [-0.4, -0.2) is 25.6 Å². The van der Waals surface area contributed by atoms with Gasteiger partial charge in [-0.15, -0.1) is 11.3 Å². The van der Waals surface area contributed by atoms with E-state index < -0.39 is 5.97 Å². The van der Waals surface area contributed by atoms with Crippen LogP contribution in [0.3, 0.4) is 0 Å². The third kappa shape index (κ3) is 2.36. The first-order valence-corrected chi connectivity index (χ1v) is 6.18. The average molecular weight is 251 g/mol. The Morgan fingerprint density at radius 3 is 2.94 bits per heavy atom. The highest BCUT2D eigenvalue weighted by molar-refractivity contribution is 7.09. The van der Waals surface area contributed by atoms with E-state index in [9.17, 15) is 4.79 Å². The number of nitrogens with zero attached hydrogens (tertiary/aromatic N) is 3. The van der Waals surface area contributed by atoms with Gasteiger partial charge in [0, 0.05) is 5.38 Å². The minimum absolute atomic E-state index is 0.202. The van der Waals surface area contributed by atoms with Crippen molar-refractivity contribution in [3.8, 4) is 0 Å². The van der Waals surface area contributed by atoms with E-state index in [-0.39, 0.29) is 5.69 Å². The molecule has 0 atom stereocenters. The molecule has 0 saturated carbocycles. The molecule has 1 N–H and O–H groups in total. The fourth-order valence-corrected chi connectivity index (χ4v) is 2.32. The van der Waals surface area contributed by atoms with Crippen molar-refractivity contribution < 1.29 is 9.90 Å². The summed E-state index contributed by atoms with van der Waals surface area (Å²) in [6.45, 7) is 4.30. The summed E-state index contributed by atoms with van der Waals surface area (Å²) in [5.41, 5.74) is 1.09. The summed E-state index contributed by atoms with van der Waals surface area (Å²) in [5.74, 6) is -0.273. The zero-order valence-corrected chi connectivity index (χ0v) is 10.5. The van der Waals surface area contributed by atoms with E-state index in [4.69, 9.17) is 5.11 Å². The number of rotatable bonds is 4. The normalized spacial score (nSPS) is 10.7. The van der Waals surface area contributed by atoms with Crippen LogP contribution in [0.2, 0.25) is 0 Å². The van der Waals surface area contributed by atoms with Crippen LogP contribution < -0.4 is 0 Å². The minimum Gasteiger partial charge on any atom is -0.477 e. The summed E-state index contributed by atoms with van der Waals surface area (Å²) in [7, 11) is 0. The Hall–Kier alpha value is -1.69. The molecule has 0 amide bonds. The Morgan fingerprint density at radius 2 is 2.35 bits per heavy atom. The average Bonchev–Trinajstić information content (AvgIpc) is 2.87. The molecule has 90 valence electrons. The lowest BCUT2D eigenvalue weighted by Crippen LogP contribution is -2.11. The maximum atomic E-state index is 11.0. The molecule has 0 unspecified atom stereocenters. The lowest BCUT2D eigenvalue weighted by atomic mass is 10.4. The quantitative estimate of drug-likeness (QED) is 0.901. The largest absolute Gasteiger partial charge is 0.477 e. The van der Waals surface area contributed by atoms with E-state index in [1.165, 1.54) is 6.20 Å². The second-order valence-corrected chi connectivity index (χ2v) is 4.61. The van der Waals surface area contributed by atoms with Crippen LogP contribution in [0.1, 0.15) is 33.9 Å². The highest BCUT2D eigenvalue weighted by atomic mass is 32.1. The Morgan fingerprint density at radius 1 is 1.59 bits per heavy atom. The monoisotopic (exact) mass is 251 g/mol. The van der Waals surface area contributed by atoms with Crippen molar-refractivity contribution in [3.05, 3.63) is 33.8 Å². The Bertz CT molecular complexity index is 545. The van der Waals surface area contributed by atoms with Crippen molar-refractivity contribution >= 4 is 17.3 Å². The number of carbonyl (C=O) groups is 1. The SMILES string of the molecule is CCc1nc(Cn2c(C(=O)O)cnc2C)cs1. The molecule has 2 aromatic heterocycles. The number of hydrogen-bond donors (Lipinski definition) is 1. The molecule has 2 rings (SSSR count). The highest BCUT2D eigenvalue weighted by Gasteiger charge is 2.14. The van der Waals surface area contributed by atoms with Gasteiger partial charge in [-0.25, -0.2) is 14.8 Å². The smallest absolute Gasteiger partial charge is 0.354 e. The molecule has 5 nitrogen and oxygen atoms in total. The van der Waals surface area contributed by atoms with Crippen LogP contribution in [0.15, 0.2) is 11.6 Å². The van der Waals surface area contributed by atoms with E-state index in [1.807, 2.05) is 12.3 Å². The van der Waals surface area contributed by atoms with E-state index in [2.05, 4.69) is 9.97 Å². The van der Waals surface area contributed by atoms with Gasteiger partial charge in [-0.1, -0.05) is 6.92 Å². The van der Waals surface area contributed by atoms with Gasteiger partial charge >= 0.3 is 5.97 Å². The molecule has 0 aliphatic rings. The molecule has 0 aromatic carbocycles. The van der Waals surface area contributed by atoms with Gasteiger partial charge in [-0.3, -0.25) is 0 Å². The van der Waals surface area contributed by atoms with Crippen molar-refractivity contribution in [1.82, 2.24) is 14.5 Å². The van der Waals surface area contributed by atoms with E-state index in [0.717, 1.165) is 17.1 Å². The predicted molar refractivity (Wildman–Crippen MR) is 64.5 cm³/mol. The van der Waals surface area contributed by atoms with Crippen LogP contribution in [0.5, 0.6) is 0 Å². The number of imidazole rings is 1. The Kier molecular flexibility index (Phi) is 3.23. The number of aryl methyl sites for hydroxylation is 2. The summed E-state index contributed by atoms with van der Waals surface area (Å²) in [6, 6.07) is 0. The number of carboxylic acid groups (broad SMARTS) is 1. The summed E-state index contributed by atoms with van der Waals surface area (Å²) < 4.78 is 1.66. The van der Waals surface area contributed by atoms with Crippen molar-refractivity contribution in [2.45, 2.75) is 26.8 Å². The van der Waals surface area contributed by atoms with Gasteiger partial charge in [0.05, 0.1) is 23.4 Å². The zero-order valence-electron chi connectivity index (χ0n) is 9.67. The first-order chi connectivity index (χ1) is 8.11. The van der Waals surface area contributed by atoms with Gasteiger partial charge < -0.3 is 9.67 Å². The predicted octanol–water partition coefficient (Wildman–Crippen LogP) is 1.96. The first kappa shape index (κ1) is 11.8. The third-order valence-corrected chi connectivity index (χ3v) is 3.54. The molecule has 0 saturated heterocycles. The number of hydrogen-bond acceptors (Lipinski definition) is 4. The molecular weight excluding hydrogens is 238 g/mol. The van der Waals surface area contributed by atoms with Crippen molar-refractivity contribution in [2.24, 2.45) is 0 Å². The molecule has 17 heavy (non-hydrogen) atoms. The Labute approximate surface area is 103 Å². The van der Waals surface area contributed by atoms with Crippen LogP contribution in [-0.2, 0) is 13.0 Å². The van der Waals surface area contributed by atoms with Crippen molar-refractivity contribution in [2.75, 3.05) is 0 Å². The molecule has 0 fully saturated rings. The van der Waals surface area contributed by atoms with E-state index in [1.54, 1.807) is 22.8 Å². The van der Waals surface area contributed by atoms with Gasteiger partial charge in [0.1, 0.15) is 11.5 Å². The second-order valence-electron chi connectivity index (χ2n) is 3.67. The fraction of sp³-hybridized carbons (Fsp3) is 0.364. The molecule has 0 radical (unpaired) electrons. The van der Waals surface area contributed by atoms with Gasteiger partial charge in [0.15, 0.2) is 0 Å². The summed E-state index contributed by atoms with van der Waals surface area (Å²) in [5, 5.41) is 12.1. The molecule has 2 aromatic rings. The number of aromatic nitrogens is 3. The second kappa shape index (κ2) is 4.67.